The van der Waals surface area contributed by atoms with Crippen LogP contribution in [0.1, 0.15) is 11.6 Å². The van der Waals surface area contributed by atoms with E-state index in [4.69, 9.17) is 9.84 Å². The van der Waals surface area contributed by atoms with E-state index in [1.807, 2.05) is 43.3 Å². The largest absolute Gasteiger partial charge is 0.497 e. The monoisotopic (exact) mass is 292 g/mol. The van der Waals surface area contributed by atoms with Gasteiger partial charge in [-0.3, -0.25) is 4.79 Å². The number of aliphatic carboxylic acids is 1. The summed E-state index contributed by atoms with van der Waals surface area (Å²) in [5, 5.41) is 11.2. The predicted molar refractivity (Wildman–Crippen MR) is 79.2 cm³/mol. The molecule has 0 aromatic heterocycles. The van der Waals surface area contributed by atoms with Crippen molar-refractivity contribution in [2.45, 2.75) is 6.04 Å². The summed E-state index contributed by atoms with van der Waals surface area (Å²) in [5.74, 6) is -0.842. The number of benzene rings is 1. The van der Waals surface area contributed by atoms with E-state index in [9.17, 15) is 9.59 Å². The van der Waals surface area contributed by atoms with E-state index in [1.165, 1.54) is 0 Å². The van der Waals surface area contributed by atoms with E-state index in [2.05, 4.69) is 5.32 Å². The maximum Gasteiger partial charge on any atom is 0.328 e. The van der Waals surface area contributed by atoms with Crippen molar-refractivity contribution in [2.24, 2.45) is 0 Å². The Bertz CT molecular complexity index is 526. The van der Waals surface area contributed by atoms with E-state index < -0.39 is 11.9 Å². The number of carbonyl (C=O) groups is 2. The van der Waals surface area contributed by atoms with Gasteiger partial charge < -0.3 is 20.1 Å². The number of nitrogens with one attached hydrogen (secondary N) is 1. The molecule has 0 aliphatic carbocycles. The minimum absolute atomic E-state index is 0.0396. The maximum atomic E-state index is 11.5. The summed E-state index contributed by atoms with van der Waals surface area (Å²) < 4.78 is 5.19. The molecule has 2 N–H and O–H groups in total. The van der Waals surface area contributed by atoms with Crippen LogP contribution in [0.5, 0.6) is 5.75 Å². The Morgan fingerprint density at radius 3 is 2.67 bits per heavy atom. The average molecular weight is 292 g/mol. The Hall–Kier alpha value is -2.34. The lowest BCUT2D eigenvalue weighted by molar-refractivity contribution is -0.131. The van der Waals surface area contributed by atoms with E-state index in [-0.39, 0.29) is 6.04 Å². The number of ether oxygens (including phenoxy) is 1. The summed E-state index contributed by atoms with van der Waals surface area (Å²) in [6, 6.07) is 7.56. The topological polar surface area (TPSA) is 78.9 Å². The zero-order valence-electron chi connectivity index (χ0n) is 12.4. The third kappa shape index (κ3) is 5.66. The van der Waals surface area contributed by atoms with Crippen LogP contribution in [0.2, 0.25) is 0 Å². The van der Waals surface area contributed by atoms with Crippen LogP contribution in [0.25, 0.3) is 0 Å². The third-order valence-corrected chi connectivity index (χ3v) is 2.95. The van der Waals surface area contributed by atoms with Crippen LogP contribution in [0, 0.1) is 0 Å². The van der Waals surface area contributed by atoms with Gasteiger partial charge in [0.05, 0.1) is 13.2 Å². The number of hydrogen-bond acceptors (Lipinski definition) is 4. The van der Waals surface area contributed by atoms with Gasteiger partial charge in [0.2, 0.25) is 5.91 Å². The van der Waals surface area contributed by atoms with Crippen molar-refractivity contribution in [3.63, 3.8) is 0 Å². The summed E-state index contributed by atoms with van der Waals surface area (Å²) in [5.41, 5.74) is 1.00. The van der Waals surface area contributed by atoms with Crippen LogP contribution >= 0.6 is 0 Å². The second-order valence-corrected chi connectivity index (χ2v) is 4.67. The minimum atomic E-state index is -1.15. The number of methoxy groups -OCH3 is 1. The van der Waals surface area contributed by atoms with Gasteiger partial charge in [-0.2, -0.15) is 0 Å². The van der Waals surface area contributed by atoms with Gasteiger partial charge in [0, 0.05) is 18.7 Å². The lowest BCUT2D eigenvalue weighted by Gasteiger charge is -2.25. The van der Waals surface area contributed by atoms with Gasteiger partial charge in [0.25, 0.3) is 0 Å². The molecule has 1 rings (SSSR count). The lowest BCUT2D eigenvalue weighted by atomic mass is 10.1. The summed E-state index contributed by atoms with van der Waals surface area (Å²) in [6.45, 7) is 0.364. The zero-order valence-corrected chi connectivity index (χ0v) is 12.4. The molecule has 0 radical (unpaired) electrons. The number of nitrogens with zero attached hydrogens (tertiary/aromatic N) is 1. The standard InChI is InChI=1S/C15H20N2O4/c1-17(2)13(10-16-14(18)7-8-15(19)20)11-5-4-6-12(9-11)21-3/h4-9,13H,10H2,1-3H3,(H,16,18)(H,19,20)/b8-7+. The van der Waals surface area contributed by atoms with Crippen LogP contribution in [0.3, 0.4) is 0 Å². The van der Waals surface area contributed by atoms with Gasteiger partial charge in [-0.25, -0.2) is 4.79 Å². The fraction of sp³-hybridized carbons (Fsp3) is 0.333. The number of carboxylic acids is 1. The molecule has 6 nitrogen and oxygen atoms in total. The maximum absolute atomic E-state index is 11.5. The van der Waals surface area contributed by atoms with E-state index in [0.717, 1.165) is 23.5 Å². The van der Waals surface area contributed by atoms with Gasteiger partial charge in [-0.05, 0) is 31.8 Å². The van der Waals surface area contributed by atoms with Crippen LogP contribution in [0.15, 0.2) is 36.4 Å². The summed E-state index contributed by atoms with van der Waals surface area (Å²) in [7, 11) is 5.41. The molecule has 0 fully saturated rings. The highest BCUT2D eigenvalue weighted by Crippen LogP contribution is 2.21. The fourth-order valence-corrected chi connectivity index (χ4v) is 1.85. The predicted octanol–water partition coefficient (Wildman–Crippen LogP) is 1.05. The number of amides is 1. The molecule has 1 amide bonds. The molecule has 0 heterocycles. The smallest absolute Gasteiger partial charge is 0.328 e. The number of likely N-dealkylation sites (N-methyl/N-ethyl adjacent to an activating group) is 1. The van der Waals surface area contributed by atoms with Crippen LogP contribution < -0.4 is 10.1 Å². The van der Waals surface area contributed by atoms with Gasteiger partial charge in [-0.1, -0.05) is 12.1 Å². The highest BCUT2D eigenvalue weighted by atomic mass is 16.5. The molecular weight excluding hydrogens is 272 g/mol. The van der Waals surface area contributed by atoms with Crippen molar-refractivity contribution in [1.29, 1.82) is 0 Å². The van der Waals surface area contributed by atoms with Crippen molar-refractivity contribution < 1.29 is 19.4 Å². The molecule has 21 heavy (non-hydrogen) atoms. The van der Waals surface area contributed by atoms with Crippen LogP contribution in [-0.2, 0) is 9.59 Å². The van der Waals surface area contributed by atoms with Crippen molar-refractivity contribution in [3.8, 4) is 5.75 Å². The molecule has 1 aromatic carbocycles. The Labute approximate surface area is 124 Å². The lowest BCUT2D eigenvalue weighted by Crippen LogP contribution is -2.33. The summed E-state index contributed by atoms with van der Waals surface area (Å²) >= 11 is 0. The van der Waals surface area contributed by atoms with E-state index in [1.54, 1.807) is 7.11 Å². The third-order valence-electron chi connectivity index (χ3n) is 2.95. The molecular formula is C15H20N2O4. The number of hydrogen-bond donors (Lipinski definition) is 2. The van der Waals surface area contributed by atoms with Gasteiger partial charge >= 0.3 is 5.97 Å². The first-order valence-corrected chi connectivity index (χ1v) is 6.43. The normalized spacial score (nSPS) is 12.4. The molecule has 1 atom stereocenters. The number of carbonyl (C=O) groups excluding carboxylic acids is 1. The molecule has 0 spiro atoms. The first-order chi connectivity index (χ1) is 9.93. The molecule has 0 bridgehead atoms. The quantitative estimate of drug-likeness (QED) is 0.735. The summed E-state index contributed by atoms with van der Waals surface area (Å²) in [4.78, 5) is 23.8. The molecule has 114 valence electrons. The highest BCUT2D eigenvalue weighted by Gasteiger charge is 2.15. The minimum Gasteiger partial charge on any atom is -0.497 e. The van der Waals surface area contributed by atoms with Crippen molar-refractivity contribution in [1.82, 2.24) is 10.2 Å². The Morgan fingerprint density at radius 2 is 2.10 bits per heavy atom. The van der Waals surface area contributed by atoms with Crippen molar-refractivity contribution >= 4 is 11.9 Å². The zero-order chi connectivity index (χ0) is 15.8. The second-order valence-electron chi connectivity index (χ2n) is 4.67. The van der Waals surface area contributed by atoms with E-state index >= 15 is 0 Å². The Balaban J connectivity index is 2.74. The van der Waals surface area contributed by atoms with Crippen LogP contribution in [0.4, 0.5) is 0 Å². The molecule has 1 aromatic rings. The average Bonchev–Trinajstić information content (AvgIpc) is 2.45. The number of carboxylic acid groups (broad SMARTS) is 1. The molecule has 0 aliphatic rings. The molecule has 0 aliphatic heterocycles. The first-order valence-electron chi connectivity index (χ1n) is 6.43. The van der Waals surface area contributed by atoms with Crippen molar-refractivity contribution in [3.05, 3.63) is 42.0 Å². The Kier molecular flexibility index (Phi) is 6.42. The Morgan fingerprint density at radius 1 is 1.38 bits per heavy atom. The van der Waals surface area contributed by atoms with Crippen LogP contribution in [-0.4, -0.2) is 49.6 Å². The second kappa shape index (κ2) is 8.06. The van der Waals surface area contributed by atoms with Gasteiger partial charge in [-0.15, -0.1) is 0 Å². The summed E-state index contributed by atoms with van der Waals surface area (Å²) in [6.07, 6.45) is 1.81. The fourth-order valence-electron chi connectivity index (χ4n) is 1.85. The number of rotatable bonds is 7. The first kappa shape index (κ1) is 16.7. The molecule has 0 saturated carbocycles. The molecule has 0 saturated heterocycles. The molecule has 1 unspecified atom stereocenters. The van der Waals surface area contributed by atoms with E-state index in [0.29, 0.717) is 6.54 Å². The SMILES string of the molecule is COc1cccc(C(CNC(=O)/C=C/C(=O)O)N(C)C)c1. The van der Waals surface area contributed by atoms with Gasteiger partial charge in [0.1, 0.15) is 5.75 Å². The van der Waals surface area contributed by atoms with Gasteiger partial charge in [0.15, 0.2) is 0 Å². The molecule has 6 heteroatoms. The van der Waals surface area contributed by atoms with Crippen molar-refractivity contribution in [2.75, 3.05) is 27.7 Å². The highest BCUT2D eigenvalue weighted by molar-refractivity contribution is 5.93.